The lowest BCUT2D eigenvalue weighted by atomic mass is 10.1. The third kappa shape index (κ3) is 5.47. The quantitative estimate of drug-likeness (QED) is 0.532. The van der Waals surface area contributed by atoms with Gasteiger partial charge in [0.2, 0.25) is 0 Å². The molecular formula is C21H31F2N7. The molecule has 0 amide bonds. The highest BCUT2D eigenvalue weighted by molar-refractivity contribution is 5.80. The Labute approximate surface area is 176 Å². The number of benzene rings is 1. The lowest BCUT2D eigenvalue weighted by Crippen LogP contribution is -2.45. The summed E-state index contributed by atoms with van der Waals surface area (Å²) >= 11 is 0. The number of aliphatic imine (C=N–C) groups is 1. The van der Waals surface area contributed by atoms with Crippen LogP contribution in [0.15, 0.2) is 35.6 Å². The molecule has 1 aliphatic rings. The number of aromatic nitrogens is 2. The molecule has 3 rings (SSSR count). The predicted octanol–water partition coefficient (Wildman–Crippen LogP) is 2.13. The van der Waals surface area contributed by atoms with Gasteiger partial charge in [-0.15, -0.1) is 0 Å². The van der Waals surface area contributed by atoms with Gasteiger partial charge in [0.15, 0.2) is 5.96 Å². The summed E-state index contributed by atoms with van der Waals surface area (Å²) in [5, 5.41) is 11.0. The molecule has 0 spiro atoms. The van der Waals surface area contributed by atoms with E-state index in [0.717, 1.165) is 30.6 Å². The highest BCUT2D eigenvalue weighted by Crippen LogP contribution is 2.24. The first kappa shape index (κ1) is 22.0. The van der Waals surface area contributed by atoms with E-state index in [9.17, 15) is 8.78 Å². The van der Waals surface area contributed by atoms with Gasteiger partial charge in [0, 0.05) is 50.6 Å². The fourth-order valence-electron chi connectivity index (χ4n) is 3.70. The summed E-state index contributed by atoms with van der Waals surface area (Å²) < 4.78 is 29.1. The fourth-order valence-corrected chi connectivity index (χ4v) is 3.70. The van der Waals surface area contributed by atoms with Gasteiger partial charge in [0.05, 0.1) is 24.5 Å². The molecule has 9 heteroatoms. The molecule has 1 fully saturated rings. The van der Waals surface area contributed by atoms with Gasteiger partial charge in [-0.05, 0) is 39.6 Å². The van der Waals surface area contributed by atoms with E-state index in [1.165, 1.54) is 12.1 Å². The lowest BCUT2D eigenvalue weighted by molar-refractivity contribution is 0.306. The number of anilines is 1. The standard InChI is InChI=1S/C21H31F2N7/c1-5-24-21(25-12-20(28(2)3)15-11-26-29(4)13-15)27-17-8-9-30(14-17)19-7-6-16(22)10-18(19)23/h6-7,10-11,13,17,20H,5,8-9,12,14H2,1-4H3,(H2,24,25,27). The Kier molecular flexibility index (Phi) is 7.25. The summed E-state index contributed by atoms with van der Waals surface area (Å²) in [5.41, 5.74) is 1.55. The minimum atomic E-state index is -0.559. The predicted molar refractivity (Wildman–Crippen MR) is 116 cm³/mol. The van der Waals surface area contributed by atoms with Crippen molar-refractivity contribution in [3.63, 3.8) is 0 Å². The second-order valence-electron chi connectivity index (χ2n) is 7.82. The monoisotopic (exact) mass is 419 g/mol. The molecule has 0 bridgehead atoms. The van der Waals surface area contributed by atoms with Crippen LogP contribution < -0.4 is 15.5 Å². The van der Waals surface area contributed by atoms with Crippen molar-refractivity contribution in [2.45, 2.75) is 25.4 Å². The molecule has 2 unspecified atom stereocenters. The van der Waals surface area contributed by atoms with Gasteiger partial charge in [0.1, 0.15) is 11.6 Å². The molecule has 0 radical (unpaired) electrons. The topological polar surface area (TPSA) is 60.7 Å². The maximum atomic E-state index is 14.1. The molecular weight excluding hydrogens is 388 g/mol. The highest BCUT2D eigenvalue weighted by Gasteiger charge is 2.25. The maximum absolute atomic E-state index is 14.1. The fraction of sp³-hybridized carbons (Fsp3) is 0.524. The van der Waals surface area contributed by atoms with Crippen LogP contribution in [-0.4, -0.2) is 67.0 Å². The molecule has 1 saturated heterocycles. The van der Waals surface area contributed by atoms with Crippen molar-refractivity contribution >= 4 is 11.6 Å². The molecule has 2 aromatic rings. The number of rotatable bonds is 7. The summed E-state index contributed by atoms with van der Waals surface area (Å²) in [4.78, 5) is 8.85. The molecule has 0 aliphatic carbocycles. The van der Waals surface area contributed by atoms with E-state index in [1.807, 2.05) is 45.4 Å². The van der Waals surface area contributed by atoms with Gasteiger partial charge in [0.25, 0.3) is 0 Å². The van der Waals surface area contributed by atoms with Crippen molar-refractivity contribution in [3.8, 4) is 0 Å². The zero-order valence-corrected chi connectivity index (χ0v) is 18.1. The van der Waals surface area contributed by atoms with E-state index in [2.05, 4.69) is 20.6 Å². The van der Waals surface area contributed by atoms with Crippen molar-refractivity contribution < 1.29 is 8.78 Å². The maximum Gasteiger partial charge on any atom is 0.191 e. The minimum Gasteiger partial charge on any atom is -0.367 e. The average molecular weight is 420 g/mol. The Morgan fingerprint density at radius 1 is 1.37 bits per heavy atom. The second-order valence-corrected chi connectivity index (χ2v) is 7.82. The minimum absolute atomic E-state index is 0.113. The van der Waals surface area contributed by atoms with E-state index in [-0.39, 0.29) is 12.1 Å². The number of nitrogens with zero attached hydrogens (tertiary/aromatic N) is 5. The first-order chi connectivity index (χ1) is 14.4. The summed E-state index contributed by atoms with van der Waals surface area (Å²) in [6.45, 7) is 4.68. The van der Waals surface area contributed by atoms with Crippen molar-refractivity contribution in [2.24, 2.45) is 12.0 Å². The zero-order valence-electron chi connectivity index (χ0n) is 18.1. The SMILES string of the molecule is CCNC(=NCC(c1cnn(C)c1)N(C)C)NC1CCN(c2ccc(F)cc2F)C1. The smallest absolute Gasteiger partial charge is 0.191 e. The van der Waals surface area contributed by atoms with Crippen molar-refractivity contribution in [1.29, 1.82) is 0 Å². The molecule has 1 aromatic carbocycles. The molecule has 7 nitrogen and oxygen atoms in total. The van der Waals surface area contributed by atoms with Crippen LogP contribution in [0.3, 0.4) is 0 Å². The largest absolute Gasteiger partial charge is 0.367 e. The first-order valence-corrected chi connectivity index (χ1v) is 10.3. The summed E-state index contributed by atoms with van der Waals surface area (Å²) in [5.74, 6) is -0.350. The number of guanidine groups is 1. The van der Waals surface area contributed by atoms with Crippen molar-refractivity contribution in [3.05, 3.63) is 47.8 Å². The van der Waals surface area contributed by atoms with Crippen LogP contribution in [-0.2, 0) is 7.05 Å². The summed E-state index contributed by atoms with van der Waals surface area (Å²) in [7, 11) is 5.96. The molecule has 2 atom stereocenters. The Morgan fingerprint density at radius 2 is 2.17 bits per heavy atom. The number of nitrogens with one attached hydrogen (secondary N) is 2. The number of aryl methyl sites for hydroxylation is 1. The van der Waals surface area contributed by atoms with E-state index in [0.29, 0.717) is 25.3 Å². The molecule has 164 valence electrons. The highest BCUT2D eigenvalue weighted by atomic mass is 19.1. The number of hydrogen-bond donors (Lipinski definition) is 2. The first-order valence-electron chi connectivity index (χ1n) is 10.3. The number of hydrogen-bond acceptors (Lipinski definition) is 4. The van der Waals surface area contributed by atoms with E-state index in [1.54, 1.807) is 4.68 Å². The lowest BCUT2D eigenvalue weighted by Gasteiger charge is -2.23. The summed E-state index contributed by atoms with van der Waals surface area (Å²) in [6, 6.07) is 3.97. The van der Waals surface area contributed by atoms with Gasteiger partial charge in [-0.3, -0.25) is 9.67 Å². The van der Waals surface area contributed by atoms with E-state index >= 15 is 0 Å². The van der Waals surface area contributed by atoms with Gasteiger partial charge in [-0.25, -0.2) is 8.78 Å². The van der Waals surface area contributed by atoms with Crippen LogP contribution in [0.2, 0.25) is 0 Å². The number of halogens is 2. The third-order valence-corrected chi connectivity index (χ3v) is 5.28. The summed E-state index contributed by atoms with van der Waals surface area (Å²) in [6.07, 6.45) is 4.72. The van der Waals surface area contributed by atoms with Crippen LogP contribution >= 0.6 is 0 Å². The van der Waals surface area contributed by atoms with E-state index in [4.69, 9.17) is 4.99 Å². The van der Waals surface area contributed by atoms with E-state index < -0.39 is 11.6 Å². The van der Waals surface area contributed by atoms with Crippen LogP contribution in [0.5, 0.6) is 0 Å². The zero-order chi connectivity index (χ0) is 21.7. The normalized spacial score (nSPS) is 18.2. The van der Waals surface area contributed by atoms with Crippen LogP contribution in [0.25, 0.3) is 0 Å². The van der Waals surface area contributed by atoms with Gasteiger partial charge >= 0.3 is 0 Å². The van der Waals surface area contributed by atoms with Crippen molar-refractivity contribution in [2.75, 3.05) is 45.2 Å². The van der Waals surface area contributed by atoms with Gasteiger partial charge in [-0.2, -0.15) is 5.10 Å². The molecule has 0 saturated carbocycles. The molecule has 2 N–H and O–H groups in total. The van der Waals surface area contributed by atoms with Crippen molar-refractivity contribution in [1.82, 2.24) is 25.3 Å². The Balaban J connectivity index is 1.65. The molecule has 30 heavy (non-hydrogen) atoms. The van der Waals surface area contributed by atoms with Crippen LogP contribution in [0.4, 0.5) is 14.5 Å². The average Bonchev–Trinajstić information content (AvgIpc) is 3.31. The Hall–Kier alpha value is -2.68. The second kappa shape index (κ2) is 9.88. The van der Waals surface area contributed by atoms with Crippen LogP contribution in [0, 0.1) is 11.6 Å². The molecule has 1 aromatic heterocycles. The molecule has 1 aliphatic heterocycles. The third-order valence-electron chi connectivity index (χ3n) is 5.28. The van der Waals surface area contributed by atoms with Crippen LogP contribution in [0.1, 0.15) is 24.9 Å². The van der Waals surface area contributed by atoms with Gasteiger partial charge in [-0.1, -0.05) is 0 Å². The number of likely N-dealkylation sites (N-methyl/N-ethyl adjacent to an activating group) is 1. The Bertz CT molecular complexity index is 865. The molecule has 2 heterocycles. The van der Waals surface area contributed by atoms with Gasteiger partial charge < -0.3 is 20.4 Å². The Morgan fingerprint density at radius 3 is 2.80 bits per heavy atom.